The summed E-state index contributed by atoms with van der Waals surface area (Å²) in [6, 6.07) is 8.94. The third-order valence-corrected chi connectivity index (χ3v) is 8.26. The van der Waals surface area contributed by atoms with Gasteiger partial charge >= 0.3 is 6.03 Å². The van der Waals surface area contributed by atoms with Crippen LogP contribution in [0.4, 0.5) is 10.5 Å². The van der Waals surface area contributed by atoms with E-state index in [1.54, 1.807) is 19.9 Å². The number of carbonyl (C=O) groups is 3. The van der Waals surface area contributed by atoms with Crippen molar-refractivity contribution in [3.8, 4) is 0 Å². The molecule has 1 N–H and O–H groups in total. The second-order valence-corrected chi connectivity index (χ2v) is 10.6. The molecule has 2 heterocycles. The minimum Gasteiger partial charge on any atom is -0.466 e. The maximum absolute atomic E-state index is 13.2. The van der Waals surface area contributed by atoms with E-state index in [9.17, 15) is 14.4 Å². The highest BCUT2D eigenvalue weighted by atomic mass is 16.3. The lowest BCUT2D eigenvalue weighted by Crippen LogP contribution is -2.54. The number of nitrogens with zero attached hydrogens (tertiary/aromatic N) is 1. The van der Waals surface area contributed by atoms with Gasteiger partial charge in [-0.25, -0.2) is 9.69 Å². The summed E-state index contributed by atoms with van der Waals surface area (Å²) in [4.78, 5) is 39.3. The molecule has 1 aromatic heterocycles. The molecule has 1 aliphatic heterocycles. The van der Waals surface area contributed by atoms with E-state index in [0.717, 1.165) is 22.7 Å². The van der Waals surface area contributed by atoms with Crippen LogP contribution in [0.3, 0.4) is 0 Å². The Balaban J connectivity index is 1.30. The Morgan fingerprint density at radius 1 is 0.970 bits per heavy atom. The molecule has 33 heavy (non-hydrogen) atoms. The van der Waals surface area contributed by atoms with Crippen LogP contribution in [-0.4, -0.2) is 17.8 Å². The van der Waals surface area contributed by atoms with Crippen LogP contribution in [0.1, 0.15) is 61.2 Å². The smallest absolute Gasteiger partial charge is 0.335 e. The lowest BCUT2D eigenvalue weighted by molar-refractivity contribution is -0.122. The maximum Gasteiger partial charge on any atom is 0.335 e. The fourth-order valence-corrected chi connectivity index (χ4v) is 7.27. The van der Waals surface area contributed by atoms with E-state index in [0.29, 0.717) is 22.8 Å². The van der Waals surface area contributed by atoms with Gasteiger partial charge in [0.05, 0.1) is 5.69 Å². The van der Waals surface area contributed by atoms with E-state index in [2.05, 4.69) is 17.4 Å². The van der Waals surface area contributed by atoms with Crippen LogP contribution in [0.5, 0.6) is 0 Å². The minimum atomic E-state index is -0.718. The summed E-state index contributed by atoms with van der Waals surface area (Å²) in [6.45, 7) is 3.58. The van der Waals surface area contributed by atoms with Crippen LogP contribution >= 0.6 is 0 Å². The van der Waals surface area contributed by atoms with Gasteiger partial charge in [0.25, 0.3) is 11.8 Å². The molecule has 170 valence electrons. The lowest BCUT2D eigenvalue weighted by atomic mass is 9.48. The number of urea groups is 1. The number of rotatable bonds is 3. The predicted octanol–water partition coefficient (Wildman–Crippen LogP) is 5.03. The van der Waals surface area contributed by atoms with Crippen LogP contribution in [0, 0.1) is 31.6 Å². The summed E-state index contributed by atoms with van der Waals surface area (Å²) in [5, 5.41) is 2.31. The van der Waals surface area contributed by atoms with Crippen LogP contribution in [0.15, 0.2) is 40.3 Å². The van der Waals surface area contributed by atoms with Crippen molar-refractivity contribution in [3.63, 3.8) is 0 Å². The second kappa shape index (κ2) is 7.17. The molecule has 0 spiro atoms. The third-order valence-electron chi connectivity index (χ3n) is 8.26. The highest BCUT2D eigenvalue weighted by Crippen LogP contribution is 2.60. The van der Waals surface area contributed by atoms with E-state index in [1.165, 1.54) is 50.2 Å². The largest absolute Gasteiger partial charge is 0.466 e. The van der Waals surface area contributed by atoms with Crippen molar-refractivity contribution in [2.24, 2.45) is 17.8 Å². The first-order chi connectivity index (χ1) is 15.8. The number of furan rings is 1. The SMILES string of the molecule is Cc1cc(/C=C2\C(=O)NC(=O)N(c3ccc(C45CC6CC(CC(C6)C4)C5)cc3)C2=O)c(C)o1. The monoisotopic (exact) mass is 444 g/mol. The number of hydrogen-bond donors (Lipinski definition) is 1. The van der Waals surface area contributed by atoms with Gasteiger partial charge in [-0.2, -0.15) is 0 Å². The van der Waals surface area contributed by atoms with E-state index in [4.69, 9.17) is 4.42 Å². The Labute approximate surface area is 193 Å². The summed E-state index contributed by atoms with van der Waals surface area (Å²) in [5.41, 5.74) is 2.62. The lowest BCUT2D eigenvalue weighted by Gasteiger charge is -2.57. The number of barbiturate groups is 1. The average Bonchev–Trinajstić information content (AvgIpc) is 3.07. The molecule has 4 bridgehead atoms. The van der Waals surface area contributed by atoms with Gasteiger partial charge in [-0.1, -0.05) is 12.1 Å². The van der Waals surface area contributed by atoms with Crippen LogP contribution in [0.25, 0.3) is 6.08 Å². The number of amides is 4. The van der Waals surface area contributed by atoms with E-state index in [1.807, 2.05) is 12.1 Å². The van der Waals surface area contributed by atoms with Crippen molar-refractivity contribution in [1.82, 2.24) is 5.32 Å². The maximum atomic E-state index is 13.2. The molecule has 5 fully saturated rings. The fraction of sp³-hybridized carbons (Fsp3) is 0.444. The first kappa shape index (κ1) is 20.5. The number of carbonyl (C=O) groups excluding carboxylic acids is 3. The molecule has 6 nitrogen and oxygen atoms in total. The van der Waals surface area contributed by atoms with Crippen LogP contribution < -0.4 is 10.2 Å². The summed E-state index contributed by atoms with van der Waals surface area (Å²) in [5.74, 6) is 2.53. The zero-order valence-electron chi connectivity index (χ0n) is 19.0. The number of hydrogen-bond acceptors (Lipinski definition) is 4. The molecule has 4 saturated carbocycles. The van der Waals surface area contributed by atoms with E-state index >= 15 is 0 Å². The molecule has 4 aliphatic carbocycles. The zero-order valence-corrected chi connectivity index (χ0v) is 19.0. The molecule has 1 saturated heterocycles. The van der Waals surface area contributed by atoms with Crippen molar-refractivity contribution in [1.29, 1.82) is 0 Å². The molecule has 4 amide bonds. The molecule has 7 rings (SSSR count). The van der Waals surface area contributed by atoms with Gasteiger partial charge in [0.15, 0.2) is 0 Å². The van der Waals surface area contributed by atoms with Gasteiger partial charge in [-0.05, 0) is 105 Å². The standard InChI is InChI=1S/C27H28N2O4/c1-15-7-20(16(2)33-15)11-23-24(30)28-26(32)29(25(23)31)22-5-3-21(4-6-22)27-12-17-8-18(13-27)10-19(9-17)14-27/h3-7,11,17-19H,8-10,12-14H2,1-2H3,(H,28,30,32)/b23-11+. The molecular weight excluding hydrogens is 416 g/mol. The topological polar surface area (TPSA) is 79.6 Å². The Hall–Kier alpha value is -3.15. The van der Waals surface area contributed by atoms with Crippen molar-refractivity contribution in [2.45, 2.75) is 57.8 Å². The van der Waals surface area contributed by atoms with Gasteiger partial charge in [0, 0.05) is 5.56 Å². The van der Waals surface area contributed by atoms with Gasteiger partial charge in [-0.15, -0.1) is 0 Å². The van der Waals surface area contributed by atoms with Gasteiger partial charge < -0.3 is 4.42 Å². The van der Waals surface area contributed by atoms with Crippen molar-refractivity contribution < 1.29 is 18.8 Å². The summed E-state index contributed by atoms with van der Waals surface area (Å²) >= 11 is 0. The minimum absolute atomic E-state index is 0.0799. The molecule has 0 unspecified atom stereocenters. The molecule has 5 aliphatic rings. The second-order valence-electron chi connectivity index (χ2n) is 10.6. The zero-order chi connectivity index (χ0) is 22.9. The number of nitrogens with one attached hydrogen (secondary N) is 1. The fourth-order valence-electron chi connectivity index (χ4n) is 7.27. The Morgan fingerprint density at radius 3 is 2.12 bits per heavy atom. The van der Waals surface area contributed by atoms with Gasteiger partial charge in [-0.3, -0.25) is 14.9 Å². The molecule has 6 heteroatoms. The predicted molar refractivity (Wildman–Crippen MR) is 123 cm³/mol. The average molecular weight is 445 g/mol. The molecule has 1 aromatic carbocycles. The highest BCUT2D eigenvalue weighted by molar-refractivity contribution is 6.39. The highest BCUT2D eigenvalue weighted by Gasteiger charge is 2.51. The van der Waals surface area contributed by atoms with Crippen LogP contribution in [-0.2, 0) is 15.0 Å². The summed E-state index contributed by atoms with van der Waals surface area (Å²) < 4.78 is 5.50. The number of imide groups is 2. The van der Waals surface area contributed by atoms with Crippen molar-refractivity contribution in [3.05, 3.63) is 58.6 Å². The summed E-state index contributed by atoms with van der Waals surface area (Å²) in [6.07, 6.45) is 9.42. The van der Waals surface area contributed by atoms with Gasteiger partial charge in [0.1, 0.15) is 17.1 Å². The third kappa shape index (κ3) is 3.26. The van der Waals surface area contributed by atoms with Crippen molar-refractivity contribution >= 4 is 29.6 Å². The van der Waals surface area contributed by atoms with Crippen LogP contribution in [0.2, 0.25) is 0 Å². The molecule has 2 aromatic rings. The quantitative estimate of drug-likeness (QED) is 0.532. The number of anilines is 1. The van der Waals surface area contributed by atoms with E-state index < -0.39 is 17.8 Å². The normalized spacial score (nSPS) is 32.1. The number of benzene rings is 1. The molecular formula is C27H28N2O4. The Kier molecular flexibility index (Phi) is 4.45. The van der Waals surface area contributed by atoms with Crippen molar-refractivity contribution in [2.75, 3.05) is 4.90 Å². The van der Waals surface area contributed by atoms with E-state index in [-0.39, 0.29) is 11.0 Å². The Bertz CT molecular complexity index is 1170. The summed E-state index contributed by atoms with van der Waals surface area (Å²) in [7, 11) is 0. The first-order valence-corrected chi connectivity index (χ1v) is 11.9. The number of aryl methyl sites for hydroxylation is 2. The van der Waals surface area contributed by atoms with Gasteiger partial charge in [0.2, 0.25) is 0 Å². The molecule has 0 atom stereocenters. The molecule has 0 radical (unpaired) electrons. The Morgan fingerprint density at radius 2 is 1.58 bits per heavy atom. The first-order valence-electron chi connectivity index (χ1n) is 11.9.